The molecule has 1 fully saturated rings. The van der Waals surface area contributed by atoms with Crippen LogP contribution >= 0.6 is 0 Å². The van der Waals surface area contributed by atoms with Crippen LogP contribution in [0.25, 0.3) is 10.8 Å². The summed E-state index contributed by atoms with van der Waals surface area (Å²) < 4.78 is 0. The molecule has 1 aliphatic rings. The fraction of sp³-hybridized carbons (Fsp3) is 0.438. The largest absolute Gasteiger partial charge is 0.368 e. The fourth-order valence-corrected chi connectivity index (χ4v) is 2.88. The van der Waals surface area contributed by atoms with E-state index in [9.17, 15) is 0 Å². The average molecular weight is 255 g/mol. The van der Waals surface area contributed by atoms with Crippen LogP contribution in [0.2, 0.25) is 0 Å². The fourth-order valence-electron chi connectivity index (χ4n) is 2.88. The number of piperidine rings is 1. The summed E-state index contributed by atoms with van der Waals surface area (Å²) in [5.41, 5.74) is 0. The first-order valence-corrected chi connectivity index (χ1v) is 7.12. The van der Waals surface area contributed by atoms with Gasteiger partial charge in [-0.15, -0.1) is 0 Å². The average Bonchev–Trinajstić information content (AvgIpc) is 2.46. The molecule has 1 aliphatic heterocycles. The number of pyridine rings is 1. The Hall–Kier alpha value is -1.61. The number of likely N-dealkylation sites (N-methyl/N-ethyl adjacent to an activating group) is 1. The summed E-state index contributed by atoms with van der Waals surface area (Å²) in [6.07, 6.45) is 5.85. The highest BCUT2D eigenvalue weighted by atomic mass is 15.2. The number of anilines is 1. The molecule has 0 bridgehead atoms. The summed E-state index contributed by atoms with van der Waals surface area (Å²) in [5, 5.41) is 5.99. The molecule has 3 heteroatoms. The molecule has 2 heterocycles. The van der Waals surface area contributed by atoms with Gasteiger partial charge < -0.3 is 10.2 Å². The van der Waals surface area contributed by atoms with Gasteiger partial charge in [-0.25, -0.2) is 4.98 Å². The molecule has 1 aromatic carbocycles. The number of benzene rings is 1. The monoisotopic (exact) mass is 255 g/mol. The summed E-state index contributed by atoms with van der Waals surface area (Å²) >= 11 is 0. The van der Waals surface area contributed by atoms with Crippen molar-refractivity contribution in [3.63, 3.8) is 0 Å². The van der Waals surface area contributed by atoms with Gasteiger partial charge in [0.15, 0.2) is 0 Å². The van der Waals surface area contributed by atoms with Gasteiger partial charge in [-0.3, -0.25) is 0 Å². The predicted octanol–water partition coefficient (Wildman–Crippen LogP) is 3.13. The van der Waals surface area contributed by atoms with Crippen LogP contribution in [0.5, 0.6) is 0 Å². The van der Waals surface area contributed by atoms with Crippen molar-refractivity contribution in [1.82, 2.24) is 9.88 Å². The van der Waals surface area contributed by atoms with Crippen molar-refractivity contribution in [2.24, 2.45) is 0 Å². The lowest BCUT2D eigenvalue weighted by molar-refractivity contribution is 0.194. The van der Waals surface area contributed by atoms with Crippen molar-refractivity contribution in [2.45, 2.75) is 25.3 Å². The topological polar surface area (TPSA) is 28.2 Å². The van der Waals surface area contributed by atoms with Gasteiger partial charge in [-0.05, 0) is 37.9 Å². The number of nitrogens with zero attached hydrogens (tertiary/aromatic N) is 2. The van der Waals surface area contributed by atoms with E-state index in [0.717, 1.165) is 12.4 Å². The summed E-state index contributed by atoms with van der Waals surface area (Å²) in [7, 11) is 2.22. The Bertz CT molecular complexity index is 547. The number of aromatic nitrogens is 1. The van der Waals surface area contributed by atoms with Gasteiger partial charge in [-0.2, -0.15) is 0 Å². The van der Waals surface area contributed by atoms with Crippen LogP contribution in [-0.4, -0.2) is 36.1 Å². The quantitative estimate of drug-likeness (QED) is 0.913. The zero-order valence-electron chi connectivity index (χ0n) is 11.5. The third kappa shape index (κ3) is 2.71. The third-order valence-corrected chi connectivity index (χ3v) is 4.10. The molecule has 19 heavy (non-hydrogen) atoms. The van der Waals surface area contributed by atoms with Gasteiger partial charge >= 0.3 is 0 Å². The van der Waals surface area contributed by atoms with E-state index in [1.54, 1.807) is 0 Å². The molecule has 0 spiro atoms. The minimum absolute atomic E-state index is 0.634. The third-order valence-electron chi connectivity index (χ3n) is 4.10. The first kappa shape index (κ1) is 12.4. The van der Waals surface area contributed by atoms with E-state index >= 15 is 0 Å². The highest BCUT2D eigenvalue weighted by Crippen LogP contribution is 2.21. The number of hydrogen-bond donors (Lipinski definition) is 1. The molecule has 0 saturated carbocycles. The normalized spacial score (nSPS) is 20.6. The second-order valence-electron chi connectivity index (χ2n) is 5.39. The van der Waals surface area contributed by atoms with Crippen LogP contribution in [0, 0.1) is 0 Å². The van der Waals surface area contributed by atoms with E-state index in [1.807, 2.05) is 6.20 Å². The Labute approximate surface area is 114 Å². The van der Waals surface area contributed by atoms with Gasteiger partial charge in [0.1, 0.15) is 5.82 Å². The molecule has 2 aromatic rings. The van der Waals surface area contributed by atoms with Crippen LogP contribution in [0.3, 0.4) is 0 Å². The maximum absolute atomic E-state index is 4.49. The predicted molar refractivity (Wildman–Crippen MR) is 80.5 cm³/mol. The molecule has 3 rings (SSSR count). The Balaban J connectivity index is 1.74. The molecule has 1 N–H and O–H groups in total. The number of fused-ring (bicyclic) bond motifs is 1. The first-order valence-electron chi connectivity index (χ1n) is 7.12. The molecule has 1 saturated heterocycles. The SMILES string of the molecule is CN1CCCCC1CNc1nccc2ccccc12. The Morgan fingerprint density at radius 2 is 2.16 bits per heavy atom. The molecular weight excluding hydrogens is 234 g/mol. The van der Waals surface area contributed by atoms with Gasteiger partial charge in [0, 0.05) is 24.2 Å². The number of nitrogens with one attached hydrogen (secondary N) is 1. The van der Waals surface area contributed by atoms with Crippen LogP contribution in [0.4, 0.5) is 5.82 Å². The summed E-state index contributed by atoms with van der Waals surface area (Å²) in [6.45, 7) is 2.20. The standard InChI is InChI=1S/C16H21N3/c1-19-11-5-4-7-14(19)12-18-16-15-8-3-2-6-13(15)9-10-17-16/h2-3,6,8-10,14H,4-5,7,11-12H2,1H3,(H,17,18). The summed E-state index contributed by atoms with van der Waals surface area (Å²) in [5.74, 6) is 1.01. The van der Waals surface area contributed by atoms with Crippen molar-refractivity contribution in [3.8, 4) is 0 Å². The molecule has 0 amide bonds. The molecule has 1 aromatic heterocycles. The molecule has 1 atom stereocenters. The minimum atomic E-state index is 0.634. The molecule has 3 nitrogen and oxygen atoms in total. The Kier molecular flexibility index (Phi) is 3.65. The second-order valence-corrected chi connectivity index (χ2v) is 5.39. The van der Waals surface area contributed by atoms with E-state index in [1.165, 1.54) is 36.6 Å². The Morgan fingerprint density at radius 3 is 3.05 bits per heavy atom. The van der Waals surface area contributed by atoms with Crippen molar-refractivity contribution in [2.75, 3.05) is 25.5 Å². The number of hydrogen-bond acceptors (Lipinski definition) is 3. The summed E-state index contributed by atoms with van der Waals surface area (Å²) in [4.78, 5) is 6.95. The zero-order valence-corrected chi connectivity index (χ0v) is 11.5. The van der Waals surface area contributed by atoms with Gasteiger partial charge in [-0.1, -0.05) is 30.7 Å². The van der Waals surface area contributed by atoms with Crippen LogP contribution < -0.4 is 5.32 Å². The van der Waals surface area contributed by atoms with Gasteiger partial charge in [0.2, 0.25) is 0 Å². The zero-order chi connectivity index (χ0) is 13.1. The van der Waals surface area contributed by atoms with Crippen LogP contribution in [-0.2, 0) is 0 Å². The van der Waals surface area contributed by atoms with E-state index in [4.69, 9.17) is 0 Å². The minimum Gasteiger partial charge on any atom is -0.368 e. The van der Waals surface area contributed by atoms with Crippen molar-refractivity contribution < 1.29 is 0 Å². The first-order chi connectivity index (χ1) is 9.34. The lowest BCUT2D eigenvalue weighted by Crippen LogP contribution is -2.40. The molecule has 1 unspecified atom stereocenters. The molecule has 0 aliphatic carbocycles. The lowest BCUT2D eigenvalue weighted by atomic mass is 10.0. The van der Waals surface area contributed by atoms with E-state index in [2.05, 4.69) is 52.6 Å². The molecule has 0 radical (unpaired) electrons. The molecular formula is C16H21N3. The number of likely N-dealkylation sites (tertiary alicyclic amines) is 1. The van der Waals surface area contributed by atoms with Crippen molar-refractivity contribution in [3.05, 3.63) is 36.5 Å². The molecule has 100 valence electrons. The summed E-state index contributed by atoms with van der Waals surface area (Å²) in [6, 6.07) is 11.1. The van der Waals surface area contributed by atoms with Crippen LogP contribution in [0.15, 0.2) is 36.5 Å². The highest BCUT2D eigenvalue weighted by Gasteiger charge is 2.18. The van der Waals surface area contributed by atoms with E-state index in [-0.39, 0.29) is 0 Å². The maximum Gasteiger partial charge on any atom is 0.133 e. The van der Waals surface area contributed by atoms with Crippen molar-refractivity contribution in [1.29, 1.82) is 0 Å². The Morgan fingerprint density at radius 1 is 1.26 bits per heavy atom. The maximum atomic E-state index is 4.49. The van der Waals surface area contributed by atoms with Gasteiger partial charge in [0.05, 0.1) is 0 Å². The van der Waals surface area contributed by atoms with E-state index < -0.39 is 0 Å². The van der Waals surface area contributed by atoms with Crippen LogP contribution in [0.1, 0.15) is 19.3 Å². The smallest absolute Gasteiger partial charge is 0.133 e. The number of rotatable bonds is 3. The highest BCUT2D eigenvalue weighted by molar-refractivity contribution is 5.91. The van der Waals surface area contributed by atoms with Crippen molar-refractivity contribution >= 4 is 16.6 Å². The van der Waals surface area contributed by atoms with E-state index in [0.29, 0.717) is 6.04 Å². The van der Waals surface area contributed by atoms with Gasteiger partial charge in [0.25, 0.3) is 0 Å². The second kappa shape index (κ2) is 5.57. The lowest BCUT2D eigenvalue weighted by Gasteiger charge is -2.32.